The van der Waals surface area contributed by atoms with E-state index in [1.807, 2.05) is 41.6 Å². The fourth-order valence-corrected chi connectivity index (χ4v) is 4.95. The molecular formula is C21H29N5O. The predicted molar refractivity (Wildman–Crippen MR) is 105 cm³/mol. The van der Waals surface area contributed by atoms with Gasteiger partial charge in [-0.1, -0.05) is 25.1 Å². The molecule has 4 rings (SSSR count). The van der Waals surface area contributed by atoms with Crippen molar-refractivity contribution in [1.82, 2.24) is 24.6 Å². The van der Waals surface area contributed by atoms with E-state index >= 15 is 0 Å². The summed E-state index contributed by atoms with van der Waals surface area (Å²) in [5.74, 6) is 1.68. The lowest BCUT2D eigenvalue weighted by atomic mass is 9.70. The van der Waals surface area contributed by atoms with Crippen molar-refractivity contribution in [3.05, 3.63) is 48.0 Å². The maximum absolute atomic E-state index is 12.8. The van der Waals surface area contributed by atoms with Gasteiger partial charge >= 0.3 is 0 Å². The fraction of sp³-hybridized carbons (Fsp3) is 0.571. The van der Waals surface area contributed by atoms with Crippen molar-refractivity contribution in [3.8, 4) is 0 Å². The average molecular weight is 367 g/mol. The highest BCUT2D eigenvalue weighted by molar-refractivity contribution is 5.94. The van der Waals surface area contributed by atoms with Gasteiger partial charge < -0.3 is 14.4 Å². The van der Waals surface area contributed by atoms with Gasteiger partial charge in [0.25, 0.3) is 5.91 Å². The van der Waals surface area contributed by atoms with Crippen molar-refractivity contribution in [3.63, 3.8) is 0 Å². The van der Waals surface area contributed by atoms with Gasteiger partial charge in [-0.2, -0.15) is 0 Å². The lowest BCUT2D eigenvalue weighted by molar-refractivity contribution is 0.0560. The van der Waals surface area contributed by atoms with E-state index in [0.29, 0.717) is 5.92 Å². The number of piperidine rings is 1. The average Bonchev–Trinajstić information content (AvgIpc) is 3.27. The van der Waals surface area contributed by atoms with Crippen molar-refractivity contribution in [2.45, 2.75) is 38.6 Å². The van der Waals surface area contributed by atoms with E-state index in [9.17, 15) is 4.79 Å². The summed E-state index contributed by atoms with van der Waals surface area (Å²) in [5, 5.41) is 8.71. The zero-order valence-corrected chi connectivity index (χ0v) is 16.3. The van der Waals surface area contributed by atoms with Crippen LogP contribution < -0.4 is 0 Å². The number of aryl methyl sites for hydroxylation is 1. The van der Waals surface area contributed by atoms with Gasteiger partial charge in [0.1, 0.15) is 12.2 Å². The number of carbonyl (C=O) groups excluding carboxylic acids is 1. The summed E-state index contributed by atoms with van der Waals surface area (Å²) in [7, 11) is 2.20. The number of amides is 1. The van der Waals surface area contributed by atoms with E-state index in [-0.39, 0.29) is 11.3 Å². The van der Waals surface area contributed by atoms with Crippen LogP contribution in [0.2, 0.25) is 0 Å². The molecule has 144 valence electrons. The summed E-state index contributed by atoms with van der Waals surface area (Å²) < 4.78 is 2.23. The highest BCUT2D eigenvalue weighted by Gasteiger charge is 2.49. The molecular weight excluding hydrogens is 338 g/mol. The van der Waals surface area contributed by atoms with E-state index in [4.69, 9.17) is 0 Å². The van der Waals surface area contributed by atoms with Crippen LogP contribution >= 0.6 is 0 Å². The van der Waals surface area contributed by atoms with Crippen LogP contribution in [0.4, 0.5) is 0 Å². The number of nitrogens with zero attached hydrogens (tertiary/aromatic N) is 5. The van der Waals surface area contributed by atoms with Crippen LogP contribution in [0.25, 0.3) is 0 Å². The summed E-state index contributed by atoms with van der Waals surface area (Å²) in [5.41, 5.74) is 0.983. The molecule has 27 heavy (non-hydrogen) atoms. The summed E-state index contributed by atoms with van der Waals surface area (Å²) in [6.07, 6.45) is 5.01. The molecule has 2 aliphatic heterocycles. The topological polar surface area (TPSA) is 54.3 Å². The summed E-state index contributed by atoms with van der Waals surface area (Å²) in [6.45, 7) is 6.89. The molecule has 2 fully saturated rings. The second-order valence-electron chi connectivity index (χ2n) is 8.15. The SMILES string of the molecule is CCCn1cnnc1C1CN(C)CC12CCN(C(=O)c1ccccc1)CC2. The van der Waals surface area contributed by atoms with Crippen molar-refractivity contribution >= 4 is 5.91 Å². The van der Waals surface area contributed by atoms with Crippen molar-refractivity contribution in [2.24, 2.45) is 5.41 Å². The highest BCUT2D eigenvalue weighted by atomic mass is 16.2. The smallest absolute Gasteiger partial charge is 0.253 e. The largest absolute Gasteiger partial charge is 0.339 e. The summed E-state index contributed by atoms with van der Waals surface area (Å²) in [4.78, 5) is 17.2. The lowest BCUT2D eigenvalue weighted by Gasteiger charge is -2.42. The van der Waals surface area contributed by atoms with E-state index in [2.05, 4.69) is 33.6 Å². The van der Waals surface area contributed by atoms with E-state index < -0.39 is 0 Å². The van der Waals surface area contributed by atoms with Gasteiger partial charge in [-0.05, 0) is 43.9 Å². The van der Waals surface area contributed by atoms with Crippen LogP contribution in [-0.4, -0.2) is 63.7 Å². The Morgan fingerprint density at radius 2 is 1.96 bits per heavy atom. The molecule has 1 amide bonds. The van der Waals surface area contributed by atoms with Crippen LogP contribution in [0.5, 0.6) is 0 Å². The molecule has 2 aliphatic rings. The highest BCUT2D eigenvalue weighted by Crippen LogP contribution is 2.49. The zero-order valence-electron chi connectivity index (χ0n) is 16.3. The van der Waals surface area contributed by atoms with E-state index in [0.717, 1.165) is 63.4 Å². The molecule has 2 aromatic rings. The number of likely N-dealkylation sites (N-methyl/N-ethyl adjacent to an activating group) is 1. The Balaban J connectivity index is 1.51. The van der Waals surface area contributed by atoms with Gasteiger partial charge in [0.15, 0.2) is 0 Å². The van der Waals surface area contributed by atoms with Crippen molar-refractivity contribution in [1.29, 1.82) is 0 Å². The minimum Gasteiger partial charge on any atom is -0.339 e. The van der Waals surface area contributed by atoms with Crippen LogP contribution in [0, 0.1) is 5.41 Å². The first-order chi connectivity index (χ1) is 13.1. The van der Waals surface area contributed by atoms with E-state index in [1.165, 1.54) is 0 Å². The van der Waals surface area contributed by atoms with Gasteiger partial charge in [0, 0.05) is 44.2 Å². The van der Waals surface area contributed by atoms with Crippen LogP contribution in [0.3, 0.4) is 0 Å². The molecule has 1 aromatic carbocycles. The molecule has 1 aromatic heterocycles. The molecule has 1 atom stereocenters. The Morgan fingerprint density at radius 3 is 2.67 bits per heavy atom. The molecule has 6 nitrogen and oxygen atoms in total. The zero-order chi connectivity index (χ0) is 18.9. The Morgan fingerprint density at radius 1 is 1.22 bits per heavy atom. The number of aromatic nitrogens is 3. The third-order valence-corrected chi connectivity index (χ3v) is 6.31. The Kier molecular flexibility index (Phi) is 5.00. The molecule has 0 N–H and O–H groups in total. The van der Waals surface area contributed by atoms with Gasteiger partial charge in [0.05, 0.1) is 0 Å². The van der Waals surface area contributed by atoms with Crippen LogP contribution in [0.15, 0.2) is 36.7 Å². The first-order valence-corrected chi connectivity index (χ1v) is 10.0. The van der Waals surface area contributed by atoms with Crippen molar-refractivity contribution < 1.29 is 4.79 Å². The summed E-state index contributed by atoms with van der Waals surface area (Å²) in [6, 6.07) is 9.63. The predicted octanol–water partition coefficient (Wildman–Crippen LogP) is 2.64. The van der Waals surface area contributed by atoms with Crippen molar-refractivity contribution in [2.75, 3.05) is 33.2 Å². The monoisotopic (exact) mass is 367 g/mol. The molecule has 0 radical (unpaired) electrons. The summed E-state index contributed by atoms with van der Waals surface area (Å²) >= 11 is 0. The second-order valence-corrected chi connectivity index (χ2v) is 8.15. The minimum atomic E-state index is 0.155. The molecule has 2 saturated heterocycles. The number of hydrogen-bond donors (Lipinski definition) is 0. The van der Waals surface area contributed by atoms with Crippen LogP contribution in [0.1, 0.15) is 48.3 Å². The Bertz CT molecular complexity index is 779. The fourth-order valence-electron chi connectivity index (χ4n) is 4.95. The first kappa shape index (κ1) is 18.2. The lowest BCUT2D eigenvalue weighted by Crippen LogP contribution is -2.46. The standard InChI is InChI=1S/C21H29N5O/c1-3-11-26-16-22-23-19(26)18-14-24(2)15-21(18)9-12-25(13-10-21)20(27)17-7-5-4-6-8-17/h4-8,16,18H,3,9-15H2,1-2H3. The molecule has 6 heteroatoms. The molecule has 0 bridgehead atoms. The van der Waals surface area contributed by atoms with Gasteiger partial charge in [-0.3, -0.25) is 4.79 Å². The number of hydrogen-bond acceptors (Lipinski definition) is 4. The van der Waals surface area contributed by atoms with E-state index in [1.54, 1.807) is 0 Å². The Hall–Kier alpha value is -2.21. The molecule has 0 saturated carbocycles. The molecule has 0 aliphatic carbocycles. The number of carbonyl (C=O) groups is 1. The maximum Gasteiger partial charge on any atom is 0.253 e. The van der Waals surface area contributed by atoms with Crippen LogP contribution in [-0.2, 0) is 6.54 Å². The molecule has 1 unspecified atom stereocenters. The Labute approximate surface area is 161 Å². The number of likely N-dealkylation sites (tertiary alicyclic amines) is 2. The number of benzene rings is 1. The second kappa shape index (κ2) is 7.43. The molecule has 3 heterocycles. The number of rotatable bonds is 4. The quantitative estimate of drug-likeness (QED) is 0.834. The van der Waals surface area contributed by atoms with Gasteiger partial charge in [-0.15, -0.1) is 10.2 Å². The minimum absolute atomic E-state index is 0.155. The van der Waals surface area contributed by atoms with Gasteiger partial charge in [-0.25, -0.2) is 0 Å². The van der Waals surface area contributed by atoms with Gasteiger partial charge in [0.2, 0.25) is 0 Å². The third-order valence-electron chi connectivity index (χ3n) is 6.31. The maximum atomic E-state index is 12.8. The molecule has 1 spiro atoms. The normalized spacial score (nSPS) is 22.4. The first-order valence-electron chi connectivity index (χ1n) is 10.0. The third kappa shape index (κ3) is 3.38.